The SMILES string of the molecule is CCCCc1ccc(C#Cc2ncc(N=C=S)nc2F)c(CC)c1. The maximum atomic E-state index is 13.9. The maximum Gasteiger partial charge on any atom is 0.249 e. The van der Waals surface area contributed by atoms with E-state index in [0.29, 0.717) is 0 Å². The molecule has 0 aliphatic heterocycles. The molecule has 0 unspecified atom stereocenters. The summed E-state index contributed by atoms with van der Waals surface area (Å²) in [7, 11) is 0. The van der Waals surface area contributed by atoms with E-state index in [1.165, 1.54) is 24.6 Å². The van der Waals surface area contributed by atoms with E-state index in [-0.39, 0.29) is 11.5 Å². The Labute approximate surface area is 147 Å². The van der Waals surface area contributed by atoms with Gasteiger partial charge in [-0.3, -0.25) is 0 Å². The number of benzene rings is 1. The van der Waals surface area contributed by atoms with Gasteiger partial charge in [0.15, 0.2) is 11.5 Å². The Morgan fingerprint density at radius 2 is 2.08 bits per heavy atom. The van der Waals surface area contributed by atoms with Crippen molar-refractivity contribution >= 4 is 23.2 Å². The molecule has 2 rings (SSSR count). The van der Waals surface area contributed by atoms with Gasteiger partial charge in [0.05, 0.1) is 11.4 Å². The molecule has 0 saturated heterocycles. The smallest absolute Gasteiger partial charge is 0.239 e. The van der Waals surface area contributed by atoms with Gasteiger partial charge in [-0.2, -0.15) is 14.4 Å². The van der Waals surface area contributed by atoms with Crippen molar-refractivity contribution < 1.29 is 4.39 Å². The summed E-state index contributed by atoms with van der Waals surface area (Å²) in [6.07, 6.45) is 5.61. The molecule has 0 N–H and O–H groups in total. The van der Waals surface area contributed by atoms with Crippen molar-refractivity contribution in [3.05, 3.63) is 52.7 Å². The van der Waals surface area contributed by atoms with Gasteiger partial charge in [-0.1, -0.05) is 38.3 Å². The fourth-order valence-corrected chi connectivity index (χ4v) is 2.36. The van der Waals surface area contributed by atoms with E-state index in [9.17, 15) is 4.39 Å². The molecule has 3 nitrogen and oxygen atoms in total. The molecule has 122 valence electrons. The standard InChI is InChI=1S/C19H18FN3S/c1-3-5-6-14-7-8-16(15(4-2)11-14)9-10-17-19(20)23-18(12-21-17)22-13-24/h7-8,11-12H,3-6H2,1-2H3. The molecule has 0 atom stereocenters. The van der Waals surface area contributed by atoms with Crippen LogP contribution < -0.4 is 0 Å². The van der Waals surface area contributed by atoms with Crippen LogP contribution in [-0.4, -0.2) is 15.1 Å². The lowest BCUT2D eigenvalue weighted by molar-refractivity contribution is 0.573. The summed E-state index contributed by atoms with van der Waals surface area (Å²) in [6.45, 7) is 4.27. The number of thiocarbonyl (C=S) groups is 1. The van der Waals surface area contributed by atoms with Crippen molar-refractivity contribution in [2.45, 2.75) is 39.5 Å². The average molecular weight is 339 g/mol. The molecule has 0 fully saturated rings. The largest absolute Gasteiger partial charge is 0.249 e. The van der Waals surface area contributed by atoms with Crippen LogP contribution in [0.15, 0.2) is 29.4 Å². The molecule has 0 amide bonds. The minimum absolute atomic E-state index is 0.00423. The zero-order chi connectivity index (χ0) is 17.4. The summed E-state index contributed by atoms with van der Waals surface area (Å²) in [6, 6.07) is 6.25. The van der Waals surface area contributed by atoms with Crippen LogP contribution in [0, 0.1) is 17.8 Å². The lowest BCUT2D eigenvalue weighted by atomic mass is 9.99. The summed E-state index contributed by atoms with van der Waals surface area (Å²) >= 11 is 4.45. The highest BCUT2D eigenvalue weighted by Gasteiger charge is 2.05. The van der Waals surface area contributed by atoms with Crippen molar-refractivity contribution in [1.82, 2.24) is 9.97 Å². The number of aromatic nitrogens is 2. The topological polar surface area (TPSA) is 38.1 Å². The Balaban J connectivity index is 2.28. The first-order valence-corrected chi connectivity index (χ1v) is 8.33. The molecule has 0 radical (unpaired) electrons. The molecule has 24 heavy (non-hydrogen) atoms. The highest BCUT2D eigenvalue weighted by Crippen LogP contribution is 2.15. The number of nitrogens with zero attached hydrogens (tertiary/aromatic N) is 3. The molecule has 0 aliphatic rings. The summed E-state index contributed by atoms with van der Waals surface area (Å²) < 4.78 is 13.9. The van der Waals surface area contributed by atoms with Crippen molar-refractivity contribution in [2.75, 3.05) is 0 Å². The number of unbranched alkanes of at least 4 members (excludes halogenated alkanes) is 1. The summed E-state index contributed by atoms with van der Waals surface area (Å²) in [5, 5.41) is 2.13. The van der Waals surface area contributed by atoms with Gasteiger partial charge in [0.25, 0.3) is 0 Å². The molecule has 0 aliphatic carbocycles. The Morgan fingerprint density at radius 3 is 2.75 bits per heavy atom. The number of aliphatic imine (C=N–C) groups is 1. The van der Waals surface area contributed by atoms with Crippen molar-refractivity contribution in [3.63, 3.8) is 0 Å². The lowest BCUT2D eigenvalue weighted by Gasteiger charge is -2.06. The van der Waals surface area contributed by atoms with Crippen molar-refractivity contribution in [2.24, 2.45) is 4.99 Å². The molecule has 1 aromatic carbocycles. The number of aryl methyl sites for hydroxylation is 2. The third-order valence-electron chi connectivity index (χ3n) is 3.56. The van der Waals surface area contributed by atoms with E-state index in [4.69, 9.17) is 0 Å². The van der Waals surface area contributed by atoms with Gasteiger partial charge in [0.1, 0.15) is 0 Å². The molecular weight excluding hydrogens is 321 g/mol. The number of isothiocyanates is 1. The molecule has 0 saturated carbocycles. The Hall–Kier alpha value is -2.41. The first-order valence-electron chi connectivity index (χ1n) is 7.92. The van der Waals surface area contributed by atoms with Gasteiger partial charge < -0.3 is 0 Å². The van der Waals surface area contributed by atoms with Crippen LogP contribution in [0.5, 0.6) is 0 Å². The third-order valence-corrected chi connectivity index (χ3v) is 3.65. The highest BCUT2D eigenvalue weighted by atomic mass is 32.1. The maximum absolute atomic E-state index is 13.9. The predicted octanol–water partition coefficient (Wildman–Crippen LogP) is 4.65. The van der Waals surface area contributed by atoms with E-state index < -0.39 is 5.95 Å². The van der Waals surface area contributed by atoms with Crippen molar-refractivity contribution in [3.8, 4) is 11.8 Å². The summed E-state index contributed by atoms with van der Waals surface area (Å²) in [5.41, 5.74) is 3.36. The molecule has 0 spiro atoms. The molecule has 5 heteroatoms. The zero-order valence-corrected chi connectivity index (χ0v) is 14.6. The normalized spacial score (nSPS) is 9.79. The Kier molecular flexibility index (Phi) is 6.74. The van der Waals surface area contributed by atoms with E-state index in [2.05, 4.69) is 70.2 Å². The van der Waals surface area contributed by atoms with Gasteiger partial charge in [0, 0.05) is 5.56 Å². The minimum Gasteiger partial charge on any atom is -0.239 e. The number of hydrogen-bond donors (Lipinski definition) is 0. The molecular formula is C19H18FN3S. The molecule has 1 heterocycles. The molecule has 1 aromatic heterocycles. The van der Waals surface area contributed by atoms with Crippen LogP contribution in [0.4, 0.5) is 10.2 Å². The van der Waals surface area contributed by atoms with E-state index in [1.807, 2.05) is 6.07 Å². The van der Waals surface area contributed by atoms with E-state index in [0.717, 1.165) is 24.0 Å². The zero-order valence-electron chi connectivity index (χ0n) is 13.8. The van der Waals surface area contributed by atoms with Gasteiger partial charge in [-0.15, -0.1) is 0 Å². The van der Waals surface area contributed by atoms with Gasteiger partial charge in [-0.25, -0.2) is 4.98 Å². The van der Waals surface area contributed by atoms with Crippen LogP contribution in [0.25, 0.3) is 0 Å². The van der Waals surface area contributed by atoms with Crippen molar-refractivity contribution in [1.29, 1.82) is 0 Å². The van der Waals surface area contributed by atoms with Gasteiger partial charge in [-0.05, 0) is 54.6 Å². The minimum atomic E-state index is -0.758. The second-order valence-electron chi connectivity index (χ2n) is 5.27. The van der Waals surface area contributed by atoms with Crippen LogP contribution in [0.1, 0.15) is 49.1 Å². The second kappa shape index (κ2) is 9.02. The van der Waals surface area contributed by atoms with Crippen LogP contribution in [0.2, 0.25) is 0 Å². The number of hydrogen-bond acceptors (Lipinski definition) is 4. The predicted molar refractivity (Wildman–Crippen MR) is 97.1 cm³/mol. The Morgan fingerprint density at radius 1 is 1.25 bits per heavy atom. The third kappa shape index (κ3) is 4.79. The Bertz CT molecular complexity index is 830. The quantitative estimate of drug-likeness (QED) is 0.452. The van der Waals surface area contributed by atoms with Crippen LogP contribution in [-0.2, 0) is 12.8 Å². The fraction of sp³-hybridized carbons (Fsp3) is 0.316. The summed E-state index contributed by atoms with van der Waals surface area (Å²) in [5.74, 6) is 5.07. The first kappa shape index (κ1) is 17.9. The molecule has 2 aromatic rings. The van der Waals surface area contributed by atoms with Crippen LogP contribution in [0.3, 0.4) is 0 Å². The first-order chi connectivity index (χ1) is 11.7. The fourth-order valence-electron chi connectivity index (χ4n) is 2.27. The summed E-state index contributed by atoms with van der Waals surface area (Å²) in [4.78, 5) is 11.2. The van der Waals surface area contributed by atoms with Crippen LogP contribution >= 0.6 is 12.2 Å². The van der Waals surface area contributed by atoms with Gasteiger partial charge >= 0.3 is 0 Å². The molecule has 0 bridgehead atoms. The number of halogens is 1. The monoisotopic (exact) mass is 339 g/mol. The van der Waals surface area contributed by atoms with E-state index >= 15 is 0 Å². The second-order valence-corrected chi connectivity index (χ2v) is 5.45. The number of rotatable bonds is 5. The highest BCUT2D eigenvalue weighted by molar-refractivity contribution is 7.78. The van der Waals surface area contributed by atoms with Gasteiger partial charge in [0.2, 0.25) is 5.95 Å². The van der Waals surface area contributed by atoms with E-state index in [1.54, 1.807) is 0 Å². The average Bonchev–Trinajstić information content (AvgIpc) is 2.60. The lowest BCUT2D eigenvalue weighted by Crippen LogP contribution is -1.95.